The quantitative estimate of drug-likeness (QED) is 0.616. The standard InChI is InChI=1S/C21H19ClN2O4/c1-26-17-9-13(10-18(27-2)21(17)28-3)6-7-19(25)24-16-12-15(22)11-14-5-4-8-23-20(14)16/h4-12H,1-3H3,(H,24,25). The van der Waals surface area contributed by atoms with E-state index in [0.717, 1.165) is 10.9 Å². The van der Waals surface area contributed by atoms with Crippen LogP contribution in [0.15, 0.2) is 48.7 Å². The molecule has 1 aromatic heterocycles. The zero-order valence-electron chi connectivity index (χ0n) is 15.7. The number of methoxy groups -OCH3 is 3. The van der Waals surface area contributed by atoms with Gasteiger partial charge in [-0.25, -0.2) is 0 Å². The van der Waals surface area contributed by atoms with Crippen LogP contribution in [-0.4, -0.2) is 32.2 Å². The first-order valence-electron chi connectivity index (χ1n) is 8.39. The fourth-order valence-electron chi connectivity index (χ4n) is 2.79. The second-order valence-electron chi connectivity index (χ2n) is 5.81. The van der Waals surface area contributed by atoms with Gasteiger partial charge in [-0.2, -0.15) is 0 Å². The number of rotatable bonds is 6. The molecule has 0 spiro atoms. The highest BCUT2D eigenvalue weighted by molar-refractivity contribution is 6.32. The van der Waals surface area contributed by atoms with Gasteiger partial charge >= 0.3 is 0 Å². The van der Waals surface area contributed by atoms with Crippen molar-refractivity contribution in [3.8, 4) is 17.2 Å². The average Bonchev–Trinajstić information content (AvgIpc) is 2.71. The Balaban J connectivity index is 1.85. The molecule has 1 heterocycles. The normalized spacial score (nSPS) is 10.9. The third-order valence-corrected chi connectivity index (χ3v) is 4.26. The number of nitrogens with zero attached hydrogens (tertiary/aromatic N) is 1. The molecule has 1 N–H and O–H groups in total. The maximum Gasteiger partial charge on any atom is 0.248 e. The highest BCUT2D eigenvalue weighted by Gasteiger charge is 2.12. The molecule has 0 saturated carbocycles. The number of carbonyl (C=O) groups excluding carboxylic acids is 1. The summed E-state index contributed by atoms with van der Waals surface area (Å²) in [6.45, 7) is 0. The van der Waals surface area contributed by atoms with E-state index in [-0.39, 0.29) is 5.91 Å². The first kappa shape index (κ1) is 19.5. The summed E-state index contributed by atoms with van der Waals surface area (Å²) < 4.78 is 15.9. The first-order chi connectivity index (χ1) is 13.5. The summed E-state index contributed by atoms with van der Waals surface area (Å²) in [5, 5.41) is 4.18. The van der Waals surface area contributed by atoms with E-state index in [2.05, 4.69) is 10.3 Å². The van der Waals surface area contributed by atoms with Gasteiger partial charge in [0.2, 0.25) is 11.7 Å². The first-order valence-corrected chi connectivity index (χ1v) is 8.77. The van der Waals surface area contributed by atoms with Crippen LogP contribution in [0.1, 0.15) is 5.56 Å². The Morgan fingerprint density at radius 2 is 1.79 bits per heavy atom. The maximum absolute atomic E-state index is 12.4. The van der Waals surface area contributed by atoms with E-state index in [1.54, 1.807) is 36.5 Å². The molecule has 0 fully saturated rings. The summed E-state index contributed by atoms with van der Waals surface area (Å²) in [5.41, 5.74) is 1.93. The van der Waals surface area contributed by atoms with Crippen molar-refractivity contribution in [1.29, 1.82) is 0 Å². The van der Waals surface area contributed by atoms with Crippen molar-refractivity contribution in [1.82, 2.24) is 4.98 Å². The van der Waals surface area contributed by atoms with Crippen LogP contribution in [0, 0.1) is 0 Å². The molecule has 2 aromatic carbocycles. The molecule has 28 heavy (non-hydrogen) atoms. The molecule has 0 unspecified atom stereocenters. The van der Waals surface area contributed by atoms with Crippen LogP contribution in [0.3, 0.4) is 0 Å². The molecule has 0 bridgehead atoms. The van der Waals surface area contributed by atoms with Gasteiger partial charge < -0.3 is 19.5 Å². The van der Waals surface area contributed by atoms with Gasteiger partial charge in [-0.05, 0) is 42.0 Å². The molecular weight excluding hydrogens is 380 g/mol. The largest absolute Gasteiger partial charge is 0.493 e. The number of anilines is 1. The molecule has 0 saturated heterocycles. The lowest BCUT2D eigenvalue weighted by Gasteiger charge is -2.12. The van der Waals surface area contributed by atoms with Gasteiger partial charge in [-0.1, -0.05) is 17.7 Å². The van der Waals surface area contributed by atoms with Gasteiger partial charge in [0.25, 0.3) is 0 Å². The predicted molar refractivity (Wildman–Crippen MR) is 111 cm³/mol. The lowest BCUT2D eigenvalue weighted by Crippen LogP contribution is -2.08. The summed E-state index contributed by atoms with van der Waals surface area (Å²) >= 11 is 6.14. The third-order valence-electron chi connectivity index (χ3n) is 4.04. The van der Waals surface area contributed by atoms with Crippen molar-refractivity contribution >= 4 is 40.2 Å². The van der Waals surface area contributed by atoms with Crippen LogP contribution in [0.4, 0.5) is 5.69 Å². The highest BCUT2D eigenvalue weighted by Crippen LogP contribution is 2.38. The van der Waals surface area contributed by atoms with E-state index in [1.165, 1.54) is 27.4 Å². The van der Waals surface area contributed by atoms with E-state index in [4.69, 9.17) is 25.8 Å². The van der Waals surface area contributed by atoms with Crippen LogP contribution in [0.25, 0.3) is 17.0 Å². The van der Waals surface area contributed by atoms with Gasteiger partial charge in [-0.15, -0.1) is 0 Å². The molecule has 6 nitrogen and oxygen atoms in total. The van der Waals surface area contributed by atoms with Crippen LogP contribution < -0.4 is 19.5 Å². The SMILES string of the molecule is COc1cc(C=CC(=O)Nc2cc(Cl)cc3cccnc23)cc(OC)c1OC. The number of fused-ring (bicyclic) bond motifs is 1. The van der Waals surface area contributed by atoms with E-state index in [0.29, 0.717) is 33.5 Å². The van der Waals surface area contributed by atoms with Gasteiger partial charge in [0.1, 0.15) is 0 Å². The molecule has 7 heteroatoms. The molecule has 144 valence electrons. The number of nitrogens with one attached hydrogen (secondary N) is 1. The average molecular weight is 399 g/mol. The smallest absolute Gasteiger partial charge is 0.248 e. The van der Waals surface area contributed by atoms with Gasteiger partial charge in [-0.3, -0.25) is 9.78 Å². The minimum Gasteiger partial charge on any atom is -0.493 e. The minimum atomic E-state index is -0.317. The molecular formula is C21H19ClN2O4. The summed E-state index contributed by atoms with van der Waals surface area (Å²) in [4.78, 5) is 16.7. The summed E-state index contributed by atoms with van der Waals surface area (Å²) in [5.74, 6) is 1.19. The molecule has 0 radical (unpaired) electrons. The van der Waals surface area contributed by atoms with Crippen molar-refractivity contribution in [3.05, 3.63) is 59.3 Å². The molecule has 3 rings (SSSR count). The number of carbonyl (C=O) groups is 1. The molecule has 3 aromatic rings. The van der Waals surface area contributed by atoms with Crippen molar-refractivity contribution in [2.75, 3.05) is 26.6 Å². The van der Waals surface area contributed by atoms with E-state index in [9.17, 15) is 4.79 Å². The number of hydrogen-bond acceptors (Lipinski definition) is 5. The predicted octanol–water partition coefficient (Wildman–Crippen LogP) is 4.57. The van der Waals surface area contributed by atoms with E-state index >= 15 is 0 Å². The Morgan fingerprint density at radius 3 is 2.43 bits per heavy atom. The van der Waals surface area contributed by atoms with Crippen molar-refractivity contribution in [2.24, 2.45) is 0 Å². The maximum atomic E-state index is 12.4. The van der Waals surface area contributed by atoms with Gasteiger partial charge in [0.05, 0.1) is 32.5 Å². The second kappa shape index (κ2) is 8.63. The summed E-state index contributed by atoms with van der Waals surface area (Å²) in [6, 6.07) is 10.7. The highest BCUT2D eigenvalue weighted by atomic mass is 35.5. The van der Waals surface area contributed by atoms with E-state index in [1.807, 2.05) is 12.1 Å². The van der Waals surface area contributed by atoms with Gasteiger partial charge in [0.15, 0.2) is 11.5 Å². The Kier molecular flexibility index (Phi) is 6.01. The number of ether oxygens (including phenoxy) is 3. The molecule has 0 aliphatic heterocycles. The van der Waals surface area contributed by atoms with Crippen LogP contribution in [0.2, 0.25) is 5.02 Å². The molecule has 0 aliphatic rings. The lowest BCUT2D eigenvalue weighted by molar-refractivity contribution is -0.111. The topological polar surface area (TPSA) is 69.7 Å². The lowest BCUT2D eigenvalue weighted by atomic mass is 10.1. The number of aromatic nitrogens is 1. The Hall–Kier alpha value is -3.25. The van der Waals surface area contributed by atoms with Crippen LogP contribution in [-0.2, 0) is 4.79 Å². The summed E-state index contributed by atoms with van der Waals surface area (Å²) in [6.07, 6.45) is 4.73. The molecule has 1 amide bonds. The zero-order valence-corrected chi connectivity index (χ0v) is 16.4. The third kappa shape index (κ3) is 4.18. The van der Waals surface area contributed by atoms with Crippen LogP contribution >= 0.6 is 11.6 Å². The number of hydrogen-bond donors (Lipinski definition) is 1. The molecule has 0 aliphatic carbocycles. The fraction of sp³-hybridized carbons (Fsp3) is 0.143. The fourth-order valence-corrected chi connectivity index (χ4v) is 3.02. The Bertz CT molecular complexity index is 1020. The number of benzene rings is 2. The molecule has 0 atom stereocenters. The number of amides is 1. The Labute approximate surface area is 167 Å². The van der Waals surface area contributed by atoms with Crippen molar-refractivity contribution in [2.45, 2.75) is 0 Å². The zero-order chi connectivity index (χ0) is 20.1. The van der Waals surface area contributed by atoms with Gasteiger partial charge in [0, 0.05) is 22.7 Å². The van der Waals surface area contributed by atoms with E-state index < -0.39 is 0 Å². The van der Waals surface area contributed by atoms with Crippen LogP contribution in [0.5, 0.6) is 17.2 Å². The second-order valence-corrected chi connectivity index (χ2v) is 6.25. The minimum absolute atomic E-state index is 0.317. The summed E-state index contributed by atoms with van der Waals surface area (Å²) in [7, 11) is 4.61. The van der Waals surface area contributed by atoms with Crippen molar-refractivity contribution < 1.29 is 19.0 Å². The number of pyridine rings is 1. The number of halogens is 1. The van der Waals surface area contributed by atoms with Crippen molar-refractivity contribution in [3.63, 3.8) is 0 Å². The Morgan fingerprint density at radius 1 is 1.07 bits per heavy atom. The monoisotopic (exact) mass is 398 g/mol.